The minimum absolute atomic E-state index is 0.00307. The molecule has 0 aliphatic heterocycles. The van der Waals surface area contributed by atoms with Gasteiger partial charge in [-0.05, 0) is 12.5 Å². The number of nitrogens with one attached hydrogen (secondary N) is 1. The van der Waals surface area contributed by atoms with Gasteiger partial charge in [-0.3, -0.25) is 14.4 Å². The van der Waals surface area contributed by atoms with Gasteiger partial charge in [0, 0.05) is 24.9 Å². The second-order valence-corrected chi connectivity index (χ2v) is 5.89. The normalized spacial score (nSPS) is 11.6. The molecule has 5 heteroatoms. The van der Waals surface area contributed by atoms with Gasteiger partial charge in [0.25, 0.3) is 0 Å². The first-order valence-electron chi connectivity index (χ1n) is 8.11. The molecule has 5 nitrogen and oxygen atoms in total. The van der Waals surface area contributed by atoms with Crippen LogP contribution in [-0.2, 0) is 9.59 Å². The van der Waals surface area contributed by atoms with Crippen LogP contribution in [0.5, 0.6) is 0 Å². The lowest BCUT2D eigenvalue weighted by Gasteiger charge is -2.13. The average molecular weight is 339 g/mol. The van der Waals surface area contributed by atoms with E-state index < -0.39 is 11.9 Å². The van der Waals surface area contributed by atoms with Gasteiger partial charge in [0.15, 0.2) is 5.78 Å². The molecule has 0 saturated carbocycles. The monoisotopic (exact) mass is 339 g/mol. The Balaban J connectivity index is 1.84. The lowest BCUT2D eigenvalue weighted by molar-refractivity contribution is -0.138. The van der Waals surface area contributed by atoms with Gasteiger partial charge in [-0.1, -0.05) is 60.2 Å². The van der Waals surface area contributed by atoms with E-state index in [2.05, 4.69) is 5.32 Å². The largest absolute Gasteiger partial charge is 0.481 e. The summed E-state index contributed by atoms with van der Waals surface area (Å²) in [7, 11) is 0. The SMILES string of the molecule is Cc1ccc(C(=O)CCC(=O)NCC(C(=O)O)c2ccccc2)cc1. The predicted octanol–water partition coefficient (Wildman–Crippen LogP) is 2.94. The van der Waals surface area contributed by atoms with Crippen LogP contribution in [0.15, 0.2) is 54.6 Å². The summed E-state index contributed by atoms with van der Waals surface area (Å²) >= 11 is 0. The molecule has 1 amide bonds. The van der Waals surface area contributed by atoms with E-state index in [0.29, 0.717) is 11.1 Å². The Morgan fingerprint density at radius 3 is 2.20 bits per heavy atom. The third-order valence-corrected chi connectivity index (χ3v) is 3.96. The second-order valence-electron chi connectivity index (χ2n) is 5.89. The van der Waals surface area contributed by atoms with Gasteiger partial charge < -0.3 is 10.4 Å². The molecule has 0 fully saturated rings. The summed E-state index contributed by atoms with van der Waals surface area (Å²) in [5, 5.41) is 11.9. The first kappa shape index (κ1) is 18.4. The summed E-state index contributed by atoms with van der Waals surface area (Å²) in [5.41, 5.74) is 2.27. The standard InChI is InChI=1S/C20H21NO4/c1-14-7-9-16(10-8-14)18(22)11-12-19(23)21-13-17(20(24)25)15-5-3-2-4-6-15/h2-10,17H,11-13H2,1H3,(H,21,23)(H,24,25). The molecule has 0 saturated heterocycles. The number of carboxylic acids is 1. The smallest absolute Gasteiger partial charge is 0.312 e. The van der Waals surface area contributed by atoms with Crippen LogP contribution in [0, 0.1) is 6.92 Å². The fourth-order valence-electron chi connectivity index (χ4n) is 2.45. The molecule has 2 rings (SSSR count). The van der Waals surface area contributed by atoms with Gasteiger partial charge in [0.05, 0.1) is 5.92 Å². The Labute approximate surface area is 146 Å². The van der Waals surface area contributed by atoms with Crippen molar-refractivity contribution in [1.29, 1.82) is 0 Å². The number of carbonyl (C=O) groups excluding carboxylic acids is 2. The third-order valence-electron chi connectivity index (χ3n) is 3.96. The van der Waals surface area contributed by atoms with Crippen LogP contribution >= 0.6 is 0 Å². The molecule has 2 aromatic rings. The lowest BCUT2D eigenvalue weighted by Crippen LogP contribution is -2.31. The van der Waals surface area contributed by atoms with Crippen molar-refractivity contribution in [2.24, 2.45) is 0 Å². The zero-order valence-electron chi connectivity index (χ0n) is 14.1. The molecule has 2 aromatic carbocycles. The van der Waals surface area contributed by atoms with E-state index in [-0.39, 0.29) is 31.1 Å². The first-order valence-corrected chi connectivity index (χ1v) is 8.11. The van der Waals surface area contributed by atoms with Crippen molar-refractivity contribution in [2.75, 3.05) is 6.54 Å². The zero-order valence-corrected chi connectivity index (χ0v) is 14.1. The average Bonchev–Trinajstić information content (AvgIpc) is 2.61. The Morgan fingerprint density at radius 1 is 0.960 bits per heavy atom. The Hall–Kier alpha value is -2.95. The number of Topliss-reactive ketones (excluding diaryl/α,β-unsaturated/α-hetero) is 1. The van der Waals surface area contributed by atoms with Crippen molar-refractivity contribution < 1.29 is 19.5 Å². The molecule has 0 aliphatic rings. The second kappa shape index (κ2) is 8.78. The molecule has 0 bridgehead atoms. The minimum Gasteiger partial charge on any atom is -0.481 e. The highest BCUT2D eigenvalue weighted by Gasteiger charge is 2.20. The molecule has 1 unspecified atom stereocenters. The molecular formula is C20H21NO4. The van der Waals surface area contributed by atoms with E-state index in [1.165, 1.54) is 0 Å². The summed E-state index contributed by atoms with van der Waals surface area (Å²) in [6.45, 7) is 1.93. The summed E-state index contributed by atoms with van der Waals surface area (Å²) in [6, 6.07) is 15.9. The van der Waals surface area contributed by atoms with Crippen LogP contribution in [0.25, 0.3) is 0 Å². The van der Waals surface area contributed by atoms with Crippen molar-refractivity contribution >= 4 is 17.7 Å². The third kappa shape index (κ3) is 5.57. The van der Waals surface area contributed by atoms with Gasteiger partial charge in [0.2, 0.25) is 5.91 Å². The highest BCUT2D eigenvalue weighted by atomic mass is 16.4. The van der Waals surface area contributed by atoms with Crippen LogP contribution in [0.1, 0.15) is 40.2 Å². The number of hydrogen-bond acceptors (Lipinski definition) is 3. The van der Waals surface area contributed by atoms with Crippen molar-refractivity contribution in [3.63, 3.8) is 0 Å². The van der Waals surface area contributed by atoms with E-state index in [1.54, 1.807) is 42.5 Å². The molecule has 0 spiro atoms. The number of aryl methyl sites for hydroxylation is 1. The van der Waals surface area contributed by atoms with E-state index in [1.807, 2.05) is 19.1 Å². The van der Waals surface area contributed by atoms with E-state index in [0.717, 1.165) is 5.56 Å². The van der Waals surface area contributed by atoms with E-state index in [4.69, 9.17) is 0 Å². The van der Waals surface area contributed by atoms with Gasteiger partial charge in [-0.2, -0.15) is 0 Å². The maximum absolute atomic E-state index is 12.1. The van der Waals surface area contributed by atoms with Crippen molar-refractivity contribution in [3.8, 4) is 0 Å². The maximum atomic E-state index is 12.1. The fourth-order valence-corrected chi connectivity index (χ4v) is 2.45. The number of benzene rings is 2. The van der Waals surface area contributed by atoms with E-state index >= 15 is 0 Å². The first-order chi connectivity index (χ1) is 12.0. The van der Waals surface area contributed by atoms with Gasteiger partial charge in [0.1, 0.15) is 0 Å². The Bertz CT molecular complexity index is 738. The van der Waals surface area contributed by atoms with Crippen LogP contribution in [-0.4, -0.2) is 29.3 Å². The molecule has 130 valence electrons. The number of amides is 1. The van der Waals surface area contributed by atoms with Crippen LogP contribution in [0.4, 0.5) is 0 Å². The fraction of sp³-hybridized carbons (Fsp3) is 0.250. The van der Waals surface area contributed by atoms with E-state index in [9.17, 15) is 19.5 Å². The minimum atomic E-state index is -0.998. The number of carbonyl (C=O) groups is 3. The molecule has 2 N–H and O–H groups in total. The summed E-state index contributed by atoms with van der Waals surface area (Å²) in [5.74, 6) is -2.24. The summed E-state index contributed by atoms with van der Waals surface area (Å²) in [4.78, 5) is 35.4. The molecule has 0 aliphatic carbocycles. The quantitative estimate of drug-likeness (QED) is 0.724. The van der Waals surface area contributed by atoms with Crippen LogP contribution in [0.3, 0.4) is 0 Å². The van der Waals surface area contributed by atoms with Crippen molar-refractivity contribution in [2.45, 2.75) is 25.7 Å². The molecule has 0 heterocycles. The molecule has 1 atom stereocenters. The summed E-state index contributed by atoms with van der Waals surface area (Å²) in [6.07, 6.45) is 0.131. The molecular weight excluding hydrogens is 318 g/mol. The summed E-state index contributed by atoms with van der Waals surface area (Å²) < 4.78 is 0. The van der Waals surface area contributed by atoms with Crippen LogP contribution in [0.2, 0.25) is 0 Å². The number of hydrogen-bond donors (Lipinski definition) is 2. The molecule has 0 aromatic heterocycles. The Kier molecular flexibility index (Phi) is 6.46. The molecule has 25 heavy (non-hydrogen) atoms. The topological polar surface area (TPSA) is 83.5 Å². The van der Waals surface area contributed by atoms with Gasteiger partial charge >= 0.3 is 5.97 Å². The van der Waals surface area contributed by atoms with Crippen LogP contribution < -0.4 is 5.32 Å². The molecule has 0 radical (unpaired) electrons. The zero-order chi connectivity index (χ0) is 18.2. The highest BCUT2D eigenvalue weighted by molar-refractivity contribution is 5.98. The predicted molar refractivity (Wildman–Crippen MR) is 94.6 cm³/mol. The maximum Gasteiger partial charge on any atom is 0.312 e. The number of rotatable bonds is 8. The lowest BCUT2D eigenvalue weighted by atomic mass is 9.99. The highest BCUT2D eigenvalue weighted by Crippen LogP contribution is 2.15. The number of aliphatic carboxylic acids is 1. The van der Waals surface area contributed by atoms with Crippen molar-refractivity contribution in [3.05, 3.63) is 71.3 Å². The van der Waals surface area contributed by atoms with Gasteiger partial charge in [-0.25, -0.2) is 0 Å². The van der Waals surface area contributed by atoms with Crippen molar-refractivity contribution in [1.82, 2.24) is 5.32 Å². The van der Waals surface area contributed by atoms with Gasteiger partial charge in [-0.15, -0.1) is 0 Å². The Morgan fingerprint density at radius 2 is 1.60 bits per heavy atom. The number of ketones is 1. The number of carboxylic acid groups (broad SMARTS) is 1.